The Bertz CT molecular complexity index is 282. The average Bonchev–Trinajstić information content (AvgIpc) is 2.00. The zero-order valence-electron chi connectivity index (χ0n) is 9.59. The largest absolute Gasteiger partial charge is 0.377 e. The summed E-state index contributed by atoms with van der Waals surface area (Å²) in [7, 11) is 0. The van der Waals surface area contributed by atoms with Crippen LogP contribution in [0.4, 0.5) is 0 Å². The van der Waals surface area contributed by atoms with E-state index in [2.05, 4.69) is 26.1 Å². The third-order valence-electron chi connectivity index (χ3n) is 2.51. The number of amides is 1. The lowest BCUT2D eigenvalue weighted by Crippen LogP contribution is -2.53. The Morgan fingerprint density at radius 2 is 2.13 bits per heavy atom. The monoisotopic (exact) mass is 210 g/mol. The molecule has 84 valence electrons. The molecule has 1 amide bonds. The minimum atomic E-state index is -0.919. The highest BCUT2D eigenvalue weighted by atomic mass is 16.5. The maximum atomic E-state index is 11.7. The fourth-order valence-corrected chi connectivity index (χ4v) is 1.27. The summed E-state index contributed by atoms with van der Waals surface area (Å²) >= 11 is 0. The molecule has 1 N–H and O–H groups in total. The second-order valence-electron chi connectivity index (χ2n) is 5.25. The van der Waals surface area contributed by atoms with Crippen LogP contribution in [0.2, 0.25) is 0 Å². The molecule has 0 atom stereocenters. The van der Waals surface area contributed by atoms with Crippen LogP contribution in [0.5, 0.6) is 0 Å². The van der Waals surface area contributed by atoms with Gasteiger partial charge in [0.1, 0.15) is 0 Å². The first-order valence-corrected chi connectivity index (χ1v) is 5.17. The zero-order chi connectivity index (χ0) is 11.5. The summed E-state index contributed by atoms with van der Waals surface area (Å²) in [5.74, 6) is -0.194. The first-order valence-electron chi connectivity index (χ1n) is 5.17. The van der Waals surface area contributed by atoms with Crippen molar-refractivity contribution < 1.29 is 9.53 Å². The van der Waals surface area contributed by atoms with Gasteiger partial charge in [0.05, 0.1) is 19.3 Å². The Labute approximate surface area is 90.6 Å². The molecule has 0 spiro atoms. The lowest BCUT2D eigenvalue weighted by Gasteiger charge is -2.33. The Morgan fingerprint density at radius 3 is 2.47 bits per heavy atom. The van der Waals surface area contributed by atoms with Crippen molar-refractivity contribution in [1.82, 2.24) is 5.32 Å². The maximum Gasteiger partial charge on any atom is 0.245 e. The molecular weight excluding hydrogens is 192 g/mol. The zero-order valence-corrected chi connectivity index (χ0v) is 9.59. The van der Waals surface area contributed by atoms with Gasteiger partial charge in [-0.05, 0) is 11.8 Å². The molecule has 1 rings (SSSR count). The molecule has 0 aromatic rings. The molecule has 4 heteroatoms. The van der Waals surface area contributed by atoms with Crippen LogP contribution in [-0.4, -0.2) is 25.7 Å². The molecule has 15 heavy (non-hydrogen) atoms. The lowest BCUT2D eigenvalue weighted by atomic mass is 9.86. The normalized spacial score (nSPS) is 18.8. The predicted molar refractivity (Wildman–Crippen MR) is 55.9 cm³/mol. The number of rotatable bonds is 3. The van der Waals surface area contributed by atoms with Gasteiger partial charge >= 0.3 is 0 Å². The second kappa shape index (κ2) is 4.19. The number of hydrogen-bond donors (Lipinski definition) is 1. The molecule has 1 fully saturated rings. The topological polar surface area (TPSA) is 62.1 Å². The van der Waals surface area contributed by atoms with Crippen LogP contribution in [0, 0.1) is 22.2 Å². The van der Waals surface area contributed by atoms with Gasteiger partial charge in [0, 0.05) is 6.54 Å². The van der Waals surface area contributed by atoms with Crippen molar-refractivity contribution in [2.24, 2.45) is 10.8 Å². The van der Waals surface area contributed by atoms with E-state index in [0.29, 0.717) is 6.54 Å². The lowest BCUT2D eigenvalue weighted by molar-refractivity contribution is -0.150. The Balaban J connectivity index is 2.34. The van der Waals surface area contributed by atoms with E-state index < -0.39 is 5.41 Å². The smallest absolute Gasteiger partial charge is 0.245 e. The van der Waals surface area contributed by atoms with Crippen molar-refractivity contribution in [3.05, 3.63) is 0 Å². The summed E-state index contributed by atoms with van der Waals surface area (Å²) in [5.41, 5.74) is -0.721. The summed E-state index contributed by atoms with van der Waals surface area (Å²) in [6, 6.07) is 2.03. The fraction of sp³-hybridized carbons (Fsp3) is 0.818. The molecule has 1 saturated heterocycles. The number of nitriles is 1. The van der Waals surface area contributed by atoms with Crippen molar-refractivity contribution in [3.8, 4) is 6.07 Å². The molecule has 1 aliphatic heterocycles. The van der Waals surface area contributed by atoms with E-state index in [1.165, 1.54) is 0 Å². The number of hydrogen-bond acceptors (Lipinski definition) is 3. The highest BCUT2D eigenvalue weighted by molar-refractivity contribution is 5.86. The van der Waals surface area contributed by atoms with E-state index in [1.807, 2.05) is 6.07 Å². The molecule has 1 aliphatic rings. The van der Waals surface area contributed by atoms with Gasteiger partial charge in [0.15, 0.2) is 5.41 Å². The second-order valence-corrected chi connectivity index (χ2v) is 5.25. The van der Waals surface area contributed by atoms with Gasteiger partial charge in [-0.2, -0.15) is 5.26 Å². The molecule has 4 nitrogen and oxygen atoms in total. The third-order valence-corrected chi connectivity index (χ3v) is 2.51. The van der Waals surface area contributed by atoms with Gasteiger partial charge in [-0.15, -0.1) is 0 Å². The van der Waals surface area contributed by atoms with Crippen LogP contribution in [0.15, 0.2) is 0 Å². The SMILES string of the molecule is CC(C)(C)CCNC(=O)C1(C#N)COC1. The van der Waals surface area contributed by atoms with Crippen molar-refractivity contribution in [3.63, 3.8) is 0 Å². The van der Waals surface area contributed by atoms with E-state index in [-0.39, 0.29) is 24.5 Å². The van der Waals surface area contributed by atoms with Crippen LogP contribution in [0.3, 0.4) is 0 Å². The Kier molecular flexibility index (Phi) is 3.35. The van der Waals surface area contributed by atoms with Gasteiger partial charge in [-0.25, -0.2) is 0 Å². The third kappa shape index (κ3) is 2.93. The highest BCUT2D eigenvalue weighted by Gasteiger charge is 2.46. The summed E-state index contributed by atoms with van der Waals surface area (Å²) < 4.78 is 4.91. The maximum absolute atomic E-state index is 11.7. The van der Waals surface area contributed by atoms with Crippen molar-refractivity contribution >= 4 is 5.91 Å². The van der Waals surface area contributed by atoms with Gasteiger partial charge in [-0.3, -0.25) is 4.79 Å². The summed E-state index contributed by atoms with van der Waals surface area (Å²) in [6.45, 7) is 7.42. The van der Waals surface area contributed by atoms with E-state index in [1.54, 1.807) is 0 Å². The summed E-state index contributed by atoms with van der Waals surface area (Å²) in [6.07, 6.45) is 0.904. The number of carbonyl (C=O) groups excluding carboxylic acids is 1. The van der Waals surface area contributed by atoms with Gasteiger partial charge < -0.3 is 10.1 Å². The summed E-state index contributed by atoms with van der Waals surface area (Å²) in [5, 5.41) is 11.7. The van der Waals surface area contributed by atoms with Crippen LogP contribution in [-0.2, 0) is 9.53 Å². The minimum absolute atomic E-state index is 0.194. The number of carbonyl (C=O) groups is 1. The molecular formula is C11H18N2O2. The van der Waals surface area contributed by atoms with Crippen molar-refractivity contribution in [2.45, 2.75) is 27.2 Å². The number of nitrogens with one attached hydrogen (secondary N) is 1. The molecule has 0 bridgehead atoms. The number of ether oxygens (including phenoxy) is 1. The molecule has 1 heterocycles. The van der Waals surface area contributed by atoms with Crippen LogP contribution < -0.4 is 5.32 Å². The molecule has 0 aliphatic carbocycles. The molecule has 0 radical (unpaired) electrons. The molecule has 0 aromatic heterocycles. The molecule has 0 unspecified atom stereocenters. The molecule has 0 aromatic carbocycles. The van der Waals surface area contributed by atoms with Gasteiger partial charge in [0.2, 0.25) is 5.91 Å². The van der Waals surface area contributed by atoms with Crippen molar-refractivity contribution in [2.75, 3.05) is 19.8 Å². The average molecular weight is 210 g/mol. The Hall–Kier alpha value is -1.08. The first kappa shape index (κ1) is 12.0. The van der Waals surface area contributed by atoms with Crippen LogP contribution in [0.1, 0.15) is 27.2 Å². The van der Waals surface area contributed by atoms with E-state index in [0.717, 1.165) is 6.42 Å². The van der Waals surface area contributed by atoms with E-state index in [9.17, 15) is 4.79 Å². The standard InChI is InChI=1S/C11H18N2O2/c1-10(2,3)4-5-13-9(14)11(6-12)7-15-8-11/h4-5,7-8H2,1-3H3,(H,13,14). The fourth-order valence-electron chi connectivity index (χ4n) is 1.27. The molecule has 0 saturated carbocycles. The van der Waals surface area contributed by atoms with Crippen molar-refractivity contribution in [1.29, 1.82) is 5.26 Å². The minimum Gasteiger partial charge on any atom is -0.377 e. The number of nitrogens with zero attached hydrogens (tertiary/aromatic N) is 1. The quantitative estimate of drug-likeness (QED) is 0.758. The summed E-state index contributed by atoms with van der Waals surface area (Å²) in [4.78, 5) is 11.7. The van der Waals surface area contributed by atoms with Crippen LogP contribution >= 0.6 is 0 Å². The van der Waals surface area contributed by atoms with Gasteiger partial charge in [-0.1, -0.05) is 20.8 Å². The van der Waals surface area contributed by atoms with Crippen LogP contribution in [0.25, 0.3) is 0 Å². The highest BCUT2D eigenvalue weighted by Crippen LogP contribution is 2.26. The first-order chi connectivity index (χ1) is 6.90. The Morgan fingerprint density at radius 1 is 1.53 bits per heavy atom. The van der Waals surface area contributed by atoms with E-state index >= 15 is 0 Å². The van der Waals surface area contributed by atoms with E-state index in [4.69, 9.17) is 10.00 Å². The van der Waals surface area contributed by atoms with Gasteiger partial charge in [0.25, 0.3) is 0 Å². The predicted octanol–water partition coefficient (Wildman–Crippen LogP) is 1.08.